The van der Waals surface area contributed by atoms with E-state index in [0.717, 1.165) is 62.2 Å². The predicted octanol–water partition coefficient (Wildman–Crippen LogP) is 8.56. The van der Waals surface area contributed by atoms with E-state index < -0.39 is 85.6 Å². The van der Waals surface area contributed by atoms with Crippen LogP contribution in [0.5, 0.6) is 0 Å². The summed E-state index contributed by atoms with van der Waals surface area (Å²) in [5, 5.41) is 34.1. The Balaban J connectivity index is -0.000000154. The lowest BCUT2D eigenvalue weighted by molar-refractivity contribution is 0.224. The molecular formula is C64H140N4O20Si10. The summed E-state index contributed by atoms with van der Waals surface area (Å²) in [5.74, 6) is 0. The second kappa shape index (κ2) is 60.1. The molecule has 0 heterocycles. The smallest absolute Gasteiger partial charge is 0.431 e. The van der Waals surface area contributed by atoms with Gasteiger partial charge in [-0.3, -0.25) is 0 Å². The summed E-state index contributed by atoms with van der Waals surface area (Å²) in [7, 11) is -28.7. The fraction of sp³-hybridized carbons (Fsp3) is 0.750. The van der Waals surface area contributed by atoms with Crippen molar-refractivity contribution in [2.24, 2.45) is 0 Å². The van der Waals surface area contributed by atoms with E-state index in [0.29, 0.717) is 61.1 Å². The van der Waals surface area contributed by atoms with Crippen molar-refractivity contribution in [2.45, 2.75) is 308 Å². The molecule has 0 fully saturated rings. The van der Waals surface area contributed by atoms with Gasteiger partial charge in [0.2, 0.25) is 8.32 Å². The summed E-state index contributed by atoms with van der Waals surface area (Å²) in [6, 6.07) is 31.4. The molecule has 0 atom stereocenters. The molecule has 0 aliphatic heterocycles. The van der Waals surface area contributed by atoms with Crippen LogP contribution in [0.4, 0.5) is 0 Å². The Labute approximate surface area is 602 Å². The third-order valence-electron chi connectivity index (χ3n) is 14.9. The molecule has 0 amide bonds. The molecule has 2 aromatic carbocycles. The monoisotopic (exact) mass is 1560 g/mol. The standard InChI is InChI=1S/C10H16OSi.C9H22OSi.C8H20O3Si.C7H10O2Si.C7H18O2Si.C6H13NO2Si.C5H11NO2Si.C4H9NO3Si.C4H9NO2Si.C4H12O2Si/c1-3-12(11,4-2)10-8-6-5-7-9-10;1-8(2,3)11(7,10)9(4,5)6;1-2-3-4-5-6-7-8-12(9,10)11;1-10(8,9)7-5-3-2-4-6-7;1-3-4-5-6-7-10(2,8)9;1-10(8,9)6-4-2-3-5-7;1-9(7,8)5-3-2-4-6;5-3-1-2-4-9(6,7)8;1-8(6,7)4-2-3-5;1-3-7(5,6)4-2/h5-9,11H,3-4H2,1-2H3;10H,1-7H3;9-11H,2-8H2,1H3;2-6,8-9H,1H3;8-9H,3-7H2,1-2H3;8-9H,2-4,6H2,1H3;7-8H,2-3,5H2,1H3;6-8H,1-2,4H2;6-7H,2,4H2,1H3;5-6H,3-4H2,1-2H3. The van der Waals surface area contributed by atoms with E-state index in [-0.39, 0.29) is 41.1 Å². The van der Waals surface area contributed by atoms with E-state index in [4.69, 9.17) is 97.8 Å². The third kappa shape index (κ3) is 88.0. The molecule has 2 rings (SSSR count). The molecule has 0 spiro atoms. The first-order chi connectivity index (χ1) is 44.3. The van der Waals surface area contributed by atoms with E-state index in [9.17, 15) is 19.2 Å². The van der Waals surface area contributed by atoms with Crippen molar-refractivity contribution in [3.05, 3.63) is 60.7 Å². The van der Waals surface area contributed by atoms with E-state index >= 15 is 0 Å². The van der Waals surface area contributed by atoms with Gasteiger partial charge < -0.3 is 95.9 Å². The van der Waals surface area contributed by atoms with Crippen LogP contribution in [-0.2, 0) is 0 Å². The molecule has 0 saturated heterocycles. The van der Waals surface area contributed by atoms with Crippen molar-refractivity contribution < 1.29 is 95.9 Å². The van der Waals surface area contributed by atoms with Gasteiger partial charge in [-0.15, -0.1) is 0 Å². The van der Waals surface area contributed by atoms with Gasteiger partial charge in [-0.2, -0.15) is 21.0 Å². The lowest BCUT2D eigenvalue weighted by Crippen LogP contribution is -2.49. The molecule has 20 N–H and O–H groups in total. The summed E-state index contributed by atoms with van der Waals surface area (Å²) < 4.78 is 0. The quantitative estimate of drug-likeness (QED) is 0.0257. The highest BCUT2D eigenvalue weighted by Gasteiger charge is 2.48. The molecule has 0 radical (unpaired) electrons. The van der Waals surface area contributed by atoms with Crippen LogP contribution in [0, 0.1) is 45.3 Å². The van der Waals surface area contributed by atoms with Crippen molar-refractivity contribution in [3.8, 4) is 24.3 Å². The van der Waals surface area contributed by atoms with Crippen molar-refractivity contribution in [1.82, 2.24) is 0 Å². The Bertz CT molecular complexity index is 2260. The average Bonchev–Trinajstić information content (AvgIpc) is 0.796. The van der Waals surface area contributed by atoms with Gasteiger partial charge in [0, 0.05) is 43.8 Å². The van der Waals surface area contributed by atoms with Gasteiger partial charge in [0.05, 0.1) is 24.3 Å². The molecule has 0 aliphatic rings. The number of benzene rings is 2. The van der Waals surface area contributed by atoms with Gasteiger partial charge >= 0.3 is 69.0 Å². The molecule has 0 unspecified atom stereocenters. The Kier molecular flexibility index (Phi) is 68.4. The molecule has 576 valence electrons. The topological polar surface area (TPSA) is 500 Å². The second-order valence-electron chi connectivity index (χ2n) is 27.5. The summed E-state index contributed by atoms with van der Waals surface area (Å²) in [4.78, 5) is 179. The van der Waals surface area contributed by atoms with Gasteiger partial charge in [0.25, 0.3) is 0 Å². The van der Waals surface area contributed by atoms with Crippen LogP contribution < -0.4 is 10.4 Å². The highest BCUT2D eigenvalue weighted by molar-refractivity contribution is 6.85. The van der Waals surface area contributed by atoms with Crippen LogP contribution in [0.2, 0.25) is 110 Å². The number of hydrogen-bond acceptors (Lipinski definition) is 24. The minimum absolute atomic E-state index is 0.0411. The molecule has 98 heavy (non-hydrogen) atoms. The fourth-order valence-electron chi connectivity index (χ4n) is 7.43. The highest BCUT2D eigenvalue weighted by atomic mass is 28.4. The lowest BCUT2D eigenvalue weighted by Gasteiger charge is -2.44. The first-order valence-corrected chi connectivity index (χ1v) is 58.4. The van der Waals surface area contributed by atoms with Gasteiger partial charge in [-0.25, -0.2) is 0 Å². The largest absolute Gasteiger partial charge is 0.492 e. The molecule has 0 saturated carbocycles. The van der Waals surface area contributed by atoms with Crippen molar-refractivity contribution in [3.63, 3.8) is 0 Å². The second-order valence-corrected chi connectivity index (χ2v) is 58.6. The zero-order valence-electron chi connectivity index (χ0n) is 63.3. The molecular weight excluding hydrogens is 1430 g/mol. The maximum atomic E-state index is 10.3. The van der Waals surface area contributed by atoms with Crippen molar-refractivity contribution >= 4 is 96.0 Å². The Morgan fingerprint density at radius 1 is 0.306 bits per heavy atom. The number of nitriles is 4. The minimum atomic E-state index is -3.85. The van der Waals surface area contributed by atoms with Crippen LogP contribution in [0.15, 0.2) is 60.7 Å². The van der Waals surface area contributed by atoms with Crippen LogP contribution in [0.3, 0.4) is 0 Å². The van der Waals surface area contributed by atoms with Gasteiger partial charge in [0.1, 0.15) is 0 Å². The maximum Gasteiger partial charge on any atom is 0.492 e. The zero-order valence-corrected chi connectivity index (χ0v) is 73.3. The first-order valence-electron chi connectivity index (χ1n) is 34.4. The number of hydrogen-bond donors (Lipinski definition) is 20. The summed E-state index contributed by atoms with van der Waals surface area (Å²) in [6.45, 7) is 34.2. The third-order valence-corrected chi connectivity index (χ3v) is 35.3. The number of unbranched alkanes of at least 4 members (excludes halogenated alkanes) is 12. The maximum absolute atomic E-state index is 10.3. The normalized spacial score (nSPS) is 11.9. The van der Waals surface area contributed by atoms with E-state index in [2.05, 4.69) is 69.2 Å². The van der Waals surface area contributed by atoms with Crippen molar-refractivity contribution in [2.75, 3.05) is 0 Å². The Morgan fingerprint density at radius 3 is 0.816 bits per heavy atom. The molecule has 0 aromatic heterocycles. The van der Waals surface area contributed by atoms with Crippen LogP contribution in [-0.4, -0.2) is 182 Å². The van der Waals surface area contributed by atoms with Gasteiger partial charge in [0.15, 0.2) is 8.32 Å². The average molecular weight is 1570 g/mol. The number of rotatable bonds is 30. The summed E-state index contributed by atoms with van der Waals surface area (Å²) in [5.41, 5.74) is 0. The molecule has 34 heteroatoms. The highest BCUT2D eigenvalue weighted by Crippen LogP contribution is 2.48. The van der Waals surface area contributed by atoms with Gasteiger partial charge in [-0.1, -0.05) is 208 Å². The van der Waals surface area contributed by atoms with Crippen LogP contribution in [0.1, 0.15) is 199 Å². The zero-order chi connectivity index (χ0) is 78.9. The van der Waals surface area contributed by atoms with E-state index in [1.54, 1.807) is 44.7 Å². The molecule has 0 bridgehead atoms. The van der Waals surface area contributed by atoms with Gasteiger partial charge in [-0.05, 0) is 128 Å². The molecule has 24 nitrogen and oxygen atoms in total. The van der Waals surface area contributed by atoms with Crippen LogP contribution in [0.25, 0.3) is 0 Å². The Morgan fingerprint density at radius 2 is 0.571 bits per heavy atom. The van der Waals surface area contributed by atoms with Crippen LogP contribution >= 0.6 is 0 Å². The number of nitrogens with zero attached hydrogens (tertiary/aromatic N) is 4. The SMILES string of the molecule is CC(C)(C)[Si](C)(O)C(C)(C)C.CCCCCCCC[Si](O)(O)O.CCCCCC[Si](C)(O)O.CC[Si](O)(CC)c1ccccc1.CC[Si](O)(O)CC.C[Si](O)(O)CCC#N.C[Si](O)(O)CCCC#N.C[Si](O)(O)CCCCC#N.C[Si](O)(O)c1ccccc1.N#CCCC[Si](O)(O)O. The minimum Gasteiger partial charge on any atom is -0.431 e. The van der Waals surface area contributed by atoms with Crippen molar-refractivity contribution in [1.29, 1.82) is 21.0 Å². The van der Waals surface area contributed by atoms with E-state index in [1.165, 1.54) is 58.3 Å². The summed E-state index contributed by atoms with van der Waals surface area (Å²) >= 11 is 0. The summed E-state index contributed by atoms with van der Waals surface area (Å²) in [6.07, 6.45) is 15.0. The first kappa shape index (κ1) is 112. The molecule has 0 aliphatic carbocycles. The predicted molar refractivity (Wildman–Crippen MR) is 416 cm³/mol. The Hall–Kier alpha value is -2.23. The van der Waals surface area contributed by atoms with E-state index in [1.807, 2.05) is 67.2 Å². The lowest BCUT2D eigenvalue weighted by atomic mass is 10.1. The molecule has 2 aromatic rings. The fourth-order valence-corrected chi connectivity index (χ4v) is 17.8.